The van der Waals surface area contributed by atoms with Crippen molar-refractivity contribution >= 4 is 28.4 Å². The van der Waals surface area contributed by atoms with Gasteiger partial charge in [0, 0.05) is 0 Å². The van der Waals surface area contributed by atoms with Gasteiger partial charge in [0.1, 0.15) is 11.6 Å². The van der Waals surface area contributed by atoms with Gasteiger partial charge in [-0.15, -0.1) is 13.2 Å². The molecule has 0 spiro atoms. The van der Waals surface area contributed by atoms with Gasteiger partial charge in [-0.2, -0.15) is 0 Å². The largest absolute Gasteiger partial charge is 0.573 e. The molecule has 13 heavy (non-hydrogen) atoms. The van der Waals surface area contributed by atoms with Crippen molar-refractivity contribution < 1.29 is 17.9 Å². The second kappa shape index (κ2) is 3.56. The first-order chi connectivity index (χ1) is 5.88. The van der Waals surface area contributed by atoms with Crippen LogP contribution in [0.5, 0.6) is 5.75 Å². The van der Waals surface area contributed by atoms with Gasteiger partial charge in [-0.3, -0.25) is 0 Å². The zero-order valence-corrected chi connectivity index (χ0v) is 8.26. The molecule has 1 aromatic heterocycles. The highest BCUT2D eigenvalue weighted by molar-refractivity contribution is 14.1. The van der Waals surface area contributed by atoms with Crippen LogP contribution in [0.2, 0.25) is 0 Å². The van der Waals surface area contributed by atoms with Crippen LogP contribution < -0.4 is 10.5 Å². The van der Waals surface area contributed by atoms with E-state index < -0.39 is 6.36 Å². The normalized spacial score (nSPS) is 11.4. The summed E-state index contributed by atoms with van der Waals surface area (Å²) in [4.78, 5) is 3.51. The molecule has 0 fully saturated rings. The average molecular weight is 304 g/mol. The minimum atomic E-state index is -4.69. The van der Waals surface area contributed by atoms with Gasteiger partial charge in [-0.25, -0.2) is 4.98 Å². The van der Waals surface area contributed by atoms with Crippen LogP contribution in [0.1, 0.15) is 0 Å². The molecule has 0 radical (unpaired) electrons. The van der Waals surface area contributed by atoms with Gasteiger partial charge < -0.3 is 10.5 Å². The molecule has 1 heterocycles. The fourth-order valence-electron chi connectivity index (χ4n) is 0.620. The van der Waals surface area contributed by atoms with Crippen molar-refractivity contribution in [2.24, 2.45) is 0 Å². The summed E-state index contributed by atoms with van der Waals surface area (Å²) in [6.07, 6.45) is -3.77. The summed E-state index contributed by atoms with van der Waals surface area (Å²) in [5, 5.41) is 0. The lowest BCUT2D eigenvalue weighted by Gasteiger charge is -2.08. The minimum absolute atomic E-state index is 0.176. The number of nitrogens with two attached hydrogens (primary N) is 1. The molecular formula is C6H4F3IN2O. The number of halogens is 4. The predicted octanol–water partition coefficient (Wildman–Crippen LogP) is 2.17. The standard InChI is InChI=1S/C6H4F3IN2O/c7-6(8,9)13-3-1-4(10)5(11)12-2-3/h1-2H,(H2,11,12). The van der Waals surface area contributed by atoms with E-state index in [0.29, 0.717) is 3.57 Å². The average Bonchev–Trinajstić information content (AvgIpc) is 1.94. The summed E-state index contributed by atoms with van der Waals surface area (Å²) in [6, 6.07) is 1.16. The van der Waals surface area contributed by atoms with E-state index in [4.69, 9.17) is 5.73 Å². The summed E-state index contributed by atoms with van der Waals surface area (Å²) in [5.74, 6) is -0.193. The molecule has 0 aromatic carbocycles. The Kier molecular flexibility index (Phi) is 2.84. The van der Waals surface area contributed by atoms with Gasteiger partial charge in [0.2, 0.25) is 0 Å². The van der Waals surface area contributed by atoms with Crippen molar-refractivity contribution in [1.82, 2.24) is 4.98 Å². The number of aromatic nitrogens is 1. The lowest BCUT2D eigenvalue weighted by atomic mass is 10.4. The van der Waals surface area contributed by atoms with Gasteiger partial charge in [0.05, 0.1) is 9.77 Å². The molecule has 1 aromatic rings. The number of hydrogen-bond donors (Lipinski definition) is 1. The van der Waals surface area contributed by atoms with Gasteiger partial charge >= 0.3 is 6.36 Å². The number of ether oxygens (including phenoxy) is 1. The van der Waals surface area contributed by atoms with Crippen molar-refractivity contribution in [3.63, 3.8) is 0 Å². The first-order valence-electron chi connectivity index (χ1n) is 3.05. The van der Waals surface area contributed by atoms with E-state index in [-0.39, 0.29) is 11.6 Å². The molecule has 0 atom stereocenters. The van der Waals surface area contributed by atoms with Gasteiger partial charge in [-0.05, 0) is 28.7 Å². The predicted molar refractivity (Wildman–Crippen MR) is 48.0 cm³/mol. The maximum Gasteiger partial charge on any atom is 0.573 e. The van der Waals surface area contributed by atoms with Crippen molar-refractivity contribution in [3.05, 3.63) is 15.8 Å². The molecule has 0 aliphatic heterocycles. The molecule has 1 rings (SSSR count). The summed E-state index contributed by atoms with van der Waals surface area (Å²) in [5.41, 5.74) is 5.30. The number of pyridine rings is 1. The minimum Gasteiger partial charge on any atom is -0.404 e. The quantitative estimate of drug-likeness (QED) is 0.809. The van der Waals surface area contributed by atoms with Gasteiger partial charge in [0.25, 0.3) is 0 Å². The maximum atomic E-state index is 11.7. The Morgan fingerprint density at radius 3 is 2.54 bits per heavy atom. The van der Waals surface area contributed by atoms with Crippen molar-refractivity contribution in [3.8, 4) is 5.75 Å². The molecule has 0 saturated carbocycles. The first kappa shape index (κ1) is 10.4. The lowest BCUT2D eigenvalue weighted by molar-refractivity contribution is -0.274. The summed E-state index contributed by atoms with van der Waals surface area (Å²) < 4.78 is 39.1. The van der Waals surface area contributed by atoms with Crippen LogP contribution in [0.3, 0.4) is 0 Å². The van der Waals surface area contributed by atoms with E-state index in [1.807, 2.05) is 0 Å². The monoisotopic (exact) mass is 304 g/mol. The molecule has 0 amide bonds. The molecule has 3 nitrogen and oxygen atoms in total. The zero-order chi connectivity index (χ0) is 10.1. The van der Waals surface area contributed by atoms with Crippen LogP contribution >= 0.6 is 22.6 Å². The van der Waals surface area contributed by atoms with Gasteiger partial charge in [-0.1, -0.05) is 0 Å². The lowest BCUT2D eigenvalue weighted by Crippen LogP contribution is -2.17. The Hall–Kier alpha value is -0.730. The molecule has 0 aliphatic rings. The van der Waals surface area contributed by atoms with Crippen molar-refractivity contribution in [2.45, 2.75) is 6.36 Å². The van der Waals surface area contributed by atoms with E-state index in [1.54, 1.807) is 22.6 Å². The summed E-state index contributed by atoms with van der Waals surface area (Å²) in [6.45, 7) is 0. The second-order valence-corrected chi connectivity index (χ2v) is 3.25. The molecule has 2 N–H and O–H groups in total. The molecule has 0 aliphatic carbocycles. The summed E-state index contributed by atoms with van der Waals surface area (Å²) >= 11 is 1.77. The van der Waals surface area contributed by atoms with Crippen LogP contribution in [0.15, 0.2) is 12.3 Å². The Bertz CT molecular complexity index is 315. The Balaban J connectivity index is 2.86. The van der Waals surface area contributed by atoms with Crippen LogP contribution in [0.25, 0.3) is 0 Å². The highest BCUT2D eigenvalue weighted by Gasteiger charge is 2.31. The highest BCUT2D eigenvalue weighted by atomic mass is 127. The zero-order valence-electron chi connectivity index (χ0n) is 6.10. The molecule has 0 unspecified atom stereocenters. The Labute approximate surface area is 85.2 Å². The van der Waals surface area contributed by atoms with E-state index in [0.717, 1.165) is 12.3 Å². The molecule has 72 valence electrons. The third kappa shape index (κ3) is 3.25. The van der Waals surface area contributed by atoms with E-state index in [1.165, 1.54) is 0 Å². The van der Waals surface area contributed by atoms with Crippen LogP contribution in [0.4, 0.5) is 19.0 Å². The first-order valence-corrected chi connectivity index (χ1v) is 4.13. The van der Waals surface area contributed by atoms with Crippen LogP contribution in [-0.2, 0) is 0 Å². The van der Waals surface area contributed by atoms with Gasteiger partial charge in [0.15, 0.2) is 0 Å². The highest BCUT2D eigenvalue weighted by Crippen LogP contribution is 2.24. The van der Waals surface area contributed by atoms with Crippen LogP contribution in [-0.4, -0.2) is 11.3 Å². The fraction of sp³-hybridized carbons (Fsp3) is 0.167. The third-order valence-electron chi connectivity index (χ3n) is 1.08. The number of alkyl halides is 3. The maximum absolute atomic E-state index is 11.7. The number of hydrogen-bond acceptors (Lipinski definition) is 3. The summed E-state index contributed by atoms with van der Waals surface area (Å²) in [7, 11) is 0. The number of nitrogens with zero attached hydrogens (tertiary/aromatic N) is 1. The third-order valence-corrected chi connectivity index (χ3v) is 1.94. The molecular weight excluding hydrogens is 300 g/mol. The SMILES string of the molecule is Nc1ncc(OC(F)(F)F)cc1I. The molecule has 7 heteroatoms. The van der Waals surface area contributed by atoms with E-state index in [2.05, 4.69) is 9.72 Å². The number of rotatable bonds is 1. The van der Waals surface area contributed by atoms with Crippen molar-refractivity contribution in [1.29, 1.82) is 0 Å². The van der Waals surface area contributed by atoms with E-state index >= 15 is 0 Å². The smallest absolute Gasteiger partial charge is 0.404 e. The topological polar surface area (TPSA) is 48.1 Å². The fourth-order valence-corrected chi connectivity index (χ4v) is 1.07. The second-order valence-electron chi connectivity index (χ2n) is 2.09. The van der Waals surface area contributed by atoms with E-state index in [9.17, 15) is 13.2 Å². The van der Waals surface area contributed by atoms with Crippen LogP contribution in [0, 0.1) is 3.57 Å². The Morgan fingerprint density at radius 2 is 2.08 bits per heavy atom. The Morgan fingerprint density at radius 1 is 1.46 bits per heavy atom. The number of nitrogen functional groups attached to an aromatic ring is 1. The molecule has 0 bridgehead atoms. The molecule has 0 saturated heterocycles. The number of anilines is 1. The van der Waals surface area contributed by atoms with Crippen molar-refractivity contribution in [2.75, 3.05) is 5.73 Å².